The summed E-state index contributed by atoms with van der Waals surface area (Å²) < 4.78 is 5.32. The smallest absolute Gasteiger partial charge is 0.292 e. The maximum absolute atomic E-state index is 12.5. The van der Waals surface area contributed by atoms with E-state index >= 15 is 0 Å². The predicted molar refractivity (Wildman–Crippen MR) is 73.6 cm³/mol. The van der Waals surface area contributed by atoms with Crippen molar-refractivity contribution in [3.63, 3.8) is 0 Å². The molecule has 3 rings (SSSR count). The molecule has 2 aliphatic heterocycles. The van der Waals surface area contributed by atoms with E-state index in [4.69, 9.17) is 4.74 Å². The summed E-state index contributed by atoms with van der Waals surface area (Å²) in [6.07, 6.45) is 0.308. The maximum Gasteiger partial charge on any atom is 0.292 e. The molecule has 2 fully saturated rings. The molecule has 0 saturated carbocycles. The molecule has 20 heavy (non-hydrogen) atoms. The van der Waals surface area contributed by atoms with E-state index in [1.165, 1.54) is 9.80 Å². The highest BCUT2D eigenvalue weighted by Crippen LogP contribution is 2.22. The molecule has 2 saturated heterocycles. The largest absolute Gasteiger partial charge is 0.370 e. The molecule has 5 heteroatoms. The molecule has 0 bridgehead atoms. The first-order valence-electron chi connectivity index (χ1n) is 7.02. The van der Waals surface area contributed by atoms with Gasteiger partial charge in [0.05, 0.1) is 25.3 Å². The van der Waals surface area contributed by atoms with Crippen molar-refractivity contribution in [2.45, 2.75) is 19.4 Å². The minimum Gasteiger partial charge on any atom is -0.370 e. The van der Waals surface area contributed by atoms with Gasteiger partial charge in [0.15, 0.2) is 6.04 Å². The first kappa shape index (κ1) is 13.3. The summed E-state index contributed by atoms with van der Waals surface area (Å²) in [5.74, 6) is -0.168. The lowest BCUT2D eigenvalue weighted by atomic mass is 10.2. The Morgan fingerprint density at radius 2 is 1.80 bits per heavy atom. The summed E-state index contributed by atoms with van der Waals surface area (Å²) in [5.41, 5.74) is 1.80. The van der Waals surface area contributed by atoms with E-state index < -0.39 is 0 Å². The van der Waals surface area contributed by atoms with Gasteiger partial charge < -0.3 is 9.64 Å². The third-order valence-electron chi connectivity index (χ3n) is 4.07. The Bertz CT molecular complexity index is 520. The van der Waals surface area contributed by atoms with Crippen molar-refractivity contribution < 1.29 is 19.2 Å². The van der Waals surface area contributed by atoms with Crippen molar-refractivity contribution in [3.05, 3.63) is 29.8 Å². The zero-order valence-electron chi connectivity index (χ0n) is 11.6. The fourth-order valence-corrected chi connectivity index (χ4v) is 2.90. The molecule has 0 radical (unpaired) electrons. The van der Waals surface area contributed by atoms with Gasteiger partial charge in [-0.15, -0.1) is 0 Å². The Hall–Kier alpha value is -1.72. The summed E-state index contributed by atoms with van der Waals surface area (Å²) in [7, 11) is 0. The first-order chi connectivity index (χ1) is 9.66. The molecule has 5 nitrogen and oxygen atoms in total. The number of benzene rings is 1. The molecular formula is C15H19N2O3+. The van der Waals surface area contributed by atoms with Gasteiger partial charge in [-0.1, -0.05) is 17.7 Å². The summed E-state index contributed by atoms with van der Waals surface area (Å²) >= 11 is 0. The lowest BCUT2D eigenvalue weighted by Gasteiger charge is -2.27. The lowest BCUT2D eigenvalue weighted by molar-refractivity contribution is -0.922. The number of hydrogen-bond donors (Lipinski definition) is 1. The Morgan fingerprint density at radius 3 is 2.45 bits per heavy atom. The van der Waals surface area contributed by atoms with Crippen molar-refractivity contribution in [1.82, 2.24) is 0 Å². The van der Waals surface area contributed by atoms with Crippen molar-refractivity contribution in [1.29, 1.82) is 0 Å². The number of aryl methyl sites for hydroxylation is 1. The van der Waals surface area contributed by atoms with Crippen LogP contribution in [0, 0.1) is 6.92 Å². The number of quaternary nitrogens is 1. The number of hydrogen-bond acceptors (Lipinski definition) is 3. The number of nitrogens with zero attached hydrogens (tertiary/aromatic N) is 1. The number of carbonyl (C=O) groups is 2. The Balaban J connectivity index is 1.81. The van der Waals surface area contributed by atoms with Gasteiger partial charge in [0.25, 0.3) is 5.91 Å². The minimum atomic E-state index is -0.243. The standard InChI is InChI=1S/C15H18N2O3/c1-11-2-4-12(5-3-11)17-14(18)10-13(15(17)19)16-6-8-20-9-7-16/h2-5,13H,6-10H2,1H3/p+1. The van der Waals surface area contributed by atoms with E-state index in [2.05, 4.69) is 0 Å². The topological polar surface area (TPSA) is 51.1 Å². The average Bonchev–Trinajstić information content (AvgIpc) is 2.76. The second kappa shape index (κ2) is 5.34. The fraction of sp³-hybridized carbons (Fsp3) is 0.467. The van der Waals surface area contributed by atoms with Crippen molar-refractivity contribution in [2.75, 3.05) is 31.2 Å². The molecule has 1 aromatic rings. The van der Waals surface area contributed by atoms with Crippen molar-refractivity contribution in [3.8, 4) is 0 Å². The molecule has 1 aromatic carbocycles. The number of carbonyl (C=O) groups excluding carboxylic acids is 2. The van der Waals surface area contributed by atoms with Gasteiger partial charge in [0.1, 0.15) is 13.1 Å². The second-order valence-corrected chi connectivity index (χ2v) is 5.43. The molecular weight excluding hydrogens is 256 g/mol. The Kier molecular flexibility index (Phi) is 3.54. The lowest BCUT2D eigenvalue weighted by Crippen LogP contribution is -3.18. The van der Waals surface area contributed by atoms with E-state index in [1.807, 2.05) is 31.2 Å². The molecule has 1 N–H and O–H groups in total. The highest BCUT2D eigenvalue weighted by Gasteiger charge is 2.45. The summed E-state index contributed by atoms with van der Waals surface area (Å²) in [4.78, 5) is 27.2. The number of amides is 2. The van der Waals surface area contributed by atoms with Gasteiger partial charge in [-0.2, -0.15) is 0 Å². The minimum absolute atomic E-state index is 0.0734. The number of morpholine rings is 1. The highest BCUT2D eigenvalue weighted by atomic mass is 16.5. The number of ether oxygens (including phenoxy) is 1. The van der Waals surface area contributed by atoms with Crippen LogP contribution in [-0.4, -0.2) is 44.2 Å². The number of imide groups is 1. The molecule has 2 heterocycles. The SMILES string of the molecule is Cc1ccc(N2C(=O)CC([NH+]3CCOCC3)C2=O)cc1. The number of rotatable bonds is 2. The van der Waals surface area contributed by atoms with Crippen LogP contribution >= 0.6 is 0 Å². The molecule has 2 aliphatic rings. The van der Waals surface area contributed by atoms with Crippen LogP contribution in [0.3, 0.4) is 0 Å². The van der Waals surface area contributed by atoms with E-state index in [9.17, 15) is 9.59 Å². The van der Waals surface area contributed by atoms with Gasteiger partial charge in [-0.25, -0.2) is 4.90 Å². The van der Waals surface area contributed by atoms with E-state index in [-0.39, 0.29) is 17.9 Å². The molecule has 1 atom stereocenters. The van der Waals surface area contributed by atoms with Crippen molar-refractivity contribution >= 4 is 17.5 Å². The molecule has 0 spiro atoms. The Labute approximate surface area is 118 Å². The van der Waals surface area contributed by atoms with Crippen molar-refractivity contribution in [2.24, 2.45) is 0 Å². The summed E-state index contributed by atoms with van der Waals surface area (Å²) in [5, 5.41) is 0. The van der Waals surface area contributed by atoms with Crippen LogP contribution in [0.25, 0.3) is 0 Å². The van der Waals surface area contributed by atoms with Gasteiger partial charge in [-0.05, 0) is 19.1 Å². The second-order valence-electron chi connectivity index (χ2n) is 5.43. The Morgan fingerprint density at radius 1 is 1.15 bits per heavy atom. The molecule has 106 valence electrons. The number of anilines is 1. The van der Waals surface area contributed by atoms with E-state index in [0.29, 0.717) is 25.3 Å². The number of nitrogens with one attached hydrogen (secondary N) is 1. The van der Waals surface area contributed by atoms with Crippen LogP contribution in [-0.2, 0) is 14.3 Å². The molecule has 0 aliphatic carbocycles. The fourth-order valence-electron chi connectivity index (χ4n) is 2.90. The van der Waals surface area contributed by atoms with Gasteiger partial charge in [0.2, 0.25) is 5.91 Å². The first-order valence-corrected chi connectivity index (χ1v) is 7.02. The van der Waals surface area contributed by atoms with Crippen LogP contribution in [0.4, 0.5) is 5.69 Å². The monoisotopic (exact) mass is 275 g/mol. The third-order valence-corrected chi connectivity index (χ3v) is 4.07. The average molecular weight is 275 g/mol. The predicted octanol–water partition coefficient (Wildman–Crippen LogP) is -0.458. The molecule has 0 aromatic heterocycles. The molecule has 2 amide bonds. The van der Waals surface area contributed by atoms with Crippen LogP contribution in [0.5, 0.6) is 0 Å². The van der Waals surface area contributed by atoms with Gasteiger partial charge in [0, 0.05) is 0 Å². The molecule has 1 unspecified atom stereocenters. The van der Waals surface area contributed by atoms with E-state index in [1.54, 1.807) is 0 Å². The van der Waals surface area contributed by atoms with Crippen LogP contribution in [0.1, 0.15) is 12.0 Å². The zero-order valence-corrected chi connectivity index (χ0v) is 11.6. The van der Waals surface area contributed by atoms with Gasteiger partial charge in [-0.3, -0.25) is 9.59 Å². The maximum atomic E-state index is 12.5. The van der Waals surface area contributed by atoms with Crippen LogP contribution in [0.15, 0.2) is 24.3 Å². The van der Waals surface area contributed by atoms with Crippen LogP contribution < -0.4 is 9.80 Å². The zero-order chi connectivity index (χ0) is 14.1. The quantitative estimate of drug-likeness (QED) is 0.743. The highest BCUT2D eigenvalue weighted by molar-refractivity contribution is 6.21. The normalized spacial score (nSPS) is 24.4. The third kappa shape index (κ3) is 2.34. The summed E-state index contributed by atoms with van der Waals surface area (Å²) in [6, 6.07) is 7.27. The summed E-state index contributed by atoms with van der Waals surface area (Å²) in [6.45, 7) is 4.91. The van der Waals surface area contributed by atoms with E-state index in [0.717, 1.165) is 18.7 Å². The van der Waals surface area contributed by atoms with Gasteiger partial charge >= 0.3 is 0 Å². The van der Waals surface area contributed by atoms with Crippen LogP contribution in [0.2, 0.25) is 0 Å².